The number of hydrogen-bond donors (Lipinski definition) is 1. The van der Waals surface area contributed by atoms with E-state index in [1.165, 1.54) is 11.3 Å². The molecule has 0 bridgehead atoms. The zero-order valence-corrected chi connectivity index (χ0v) is 16.4. The molecule has 1 aromatic rings. The van der Waals surface area contributed by atoms with Crippen molar-refractivity contribution >= 4 is 28.3 Å². The molecule has 2 saturated heterocycles. The van der Waals surface area contributed by atoms with Gasteiger partial charge in [-0.15, -0.1) is 11.3 Å². The van der Waals surface area contributed by atoms with Gasteiger partial charge in [0.05, 0.1) is 24.4 Å². The summed E-state index contributed by atoms with van der Waals surface area (Å²) >= 11 is 1.43. The largest absolute Gasteiger partial charge is 0.373 e. The third kappa shape index (κ3) is 5.49. The van der Waals surface area contributed by atoms with Crippen molar-refractivity contribution in [3.05, 3.63) is 11.1 Å². The average Bonchev–Trinajstić information content (AvgIpc) is 2.88. The van der Waals surface area contributed by atoms with Crippen LogP contribution in [0.4, 0.5) is 5.13 Å². The number of hydrogen-bond acceptors (Lipinski definition) is 6. The van der Waals surface area contributed by atoms with Crippen LogP contribution in [0.2, 0.25) is 0 Å². The van der Waals surface area contributed by atoms with Gasteiger partial charge < -0.3 is 15.0 Å². The summed E-state index contributed by atoms with van der Waals surface area (Å²) in [7, 11) is 0. The van der Waals surface area contributed by atoms with Crippen LogP contribution in [0.1, 0.15) is 45.2 Å². The SMILES string of the molecule is CC1CN(Cc2csc(NC(=O)CN3CCCCCC3=O)n2)CC(C)O1. The number of morpholine rings is 1. The monoisotopic (exact) mass is 380 g/mol. The highest BCUT2D eigenvalue weighted by atomic mass is 32.1. The first-order valence-electron chi connectivity index (χ1n) is 9.39. The van der Waals surface area contributed by atoms with Gasteiger partial charge in [-0.25, -0.2) is 4.98 Å². The average molecular weight is 381 g/mol. The van der Waals surface area contributed by atoms with Crippen LogP contribution in [0.3, 0.4) is 0 Å². The predicted octanol–water partition coefficient (Wildman–Crippen LogP) is 2.09. The summed E-state index contributed by atoms with van der Waals surface area (Å²) in [6.07, 6.45) is 3.94. The highest BCUT2D eigenvalue weighted by Gasteiger charge is 2.23. The highest BCUT2D eigenvalue weighted by Crippen LogP contribution is 2.19. The minimum Gasteiger partial charge on any atom is -0.373 e. The van der Waals surface area contributed by atoms with Gasteiger partial charge in [-0.05, 0) is 26.7 Å². The van der Waals surface area contributed by atoms with Gasteiger partial charge in [-0.2, -0.15) is 0 Å². The number of nitrogens with one attached hydrogen (secondary N) is 1. The van der Waals surface area contributed by atoms with Crippen LogP contribution in [0.15, 0.2) is 5.38 Å². The summed E-state index contributed by atoms with van der Waals surface area (Å²) < 4.78 is 5.75. The second kappa shape index (κ2) is 8.92. The van der Waals surface area contributed by atoms with E-state index in [0.717, 1.165) is 44.6 Å². The molecule has 3 heterocycles. The molecule has 0 aromatic carbocycles. The van der Waals surface area contributed by atoms with E-state index in [1.807, 2.05) is 5.38 Å². The number of anilines is 1. The van der Waals surface area contributed by atoms with E-state index < -0.39 is 0 Å². The lowest BCUT2D eigenvalue weighted by Gasteiger charge is -2.34. The molecule has 2 unspecified atom stereocenters. The molecule has 7 nitrogen and oxygen atoms in total. The third-order valence-electron chi connectivity index (χ3n) is 4.68. The molecule has 0 saturated carbocycles. The summed E-state index contributed by atoms with van der Waals surface area (Å²) in [6.45, 7) is 7.49. The van der Waals surface area contributed by atoms with Crippen LogP contribution in [-0.2, 0) is 20.9 Å². The van der Waals surface area contributed by atoms with Gasteiger partial charge in [0.15, 0.2) is 5.13 Å². The summed E-state index contributed by atoms with van der Waals surface area (Å²) in [5, 5.41) is 5.42. The molecule has 0 spiro atoms. The molecule has 144 valence electrons. The van der Waals surface area contributed by atoms with Crippen molar-refractivity contribution in [1.29, 1.82) is 0 Å². The minimum atomic E-state index is -0.172. The second-order valence-corrected chi connectivity index (χ2v) is 8.13. The molecule has 3 rings (SSSR count). The molecule has 26 heavy (non-hydrogen) atoms. The summed E-state index contributed by atoms with van der Waals surface area (Å²) in [5.41, 5.74) is 0.956. The molecular weight excluding hydrogens is 352 g/mol. The van der Waals surface area contributed by atoms with E-state index in [-0.39, 0.29) is 30.6 Å². The number of thiazole rings is 1. The van der Waals surface area contributed by atoms with E-state index >= 15 is 0 Å². The van der Waals surface area contributed by atoms with Gasteiger partial charge in [0, 0.05) is 38.0 Å². The molecule has 2 amide bonds. The van der Waals surface area contributed by atoms with Crippen molar-refractivity contribution in [1.82, 2.24) is 14.8 Å². The van der Waals surface area contributed by atoms with Crippen LogP contribution in [0.5, 0.6) is 0 Å². The molecule has 2 aliphatic heterocycles. The number of amides is 2. The van der Waals surface area contributed by atoms with E-state index in [1.54, 1.807) is 4.90 Å². The van der Waals surface area contributed by atoms with Crippen LogP contribution in [0, 0.1) is 0 Å². The van der Waals surface area contributed by atoms with Crippen molar-refractivity contribution in [2.45, 2.75) is 58.3 Å². The molecule has 0 aliphatic carbocycles. The van der Waals surface area contributed by atoms with E-state index in [9.17, 15) is 9.59 Å². The fourth-order valence-electron chi connectivity index (χ4n) is 3.62. The van der Waals surface area contributed by atoms with Crippen molar-refractivity contribution in [3.8, 4) is 0 Å². The molecule has 2 fully saturated rings. The zero-order valence-electron chi connectivity index (χ0n) is 15.6. The Morgan fingerprint density at radius 3 is 2.85 bits per heavy atom. The smallest absolute Gasteiger partial charge is 0.245 e. The second-order valence-electron chi connectivity index (χ2n) is 7.27. The Balaban J connectivity index is 1.49. The minimum absolute atomic E-state index is 0.0769. The first kappa shape index (κ1) is 19.3. The Bertz CT molecular complexity index is 626. The van der Waals surface area contributed by atoms with Gasteiger partial charge in [-0.1, -0.05) is 6.42 Å². The standard InChI is InChI=1S/C18H28N4O3S/c1-13-8-21(9-14(2)25-13)10-15-12-26-18(19-15)20-16(23)11-22-7-5-3-4-6-17(22)24/h12-14H,3-11H2,1-2H3,(H,19,20,23). The first-order chi connectivity index (χ1) is 12.5. The van der Waals surface area contributed by atoms with Gasteiger partial charge in [0.2, 0.25) is 11.8 Å². The van der Waals surface area contributed by atoms with Crippen LogP contribution < -0.4 is 5.32 Å². The van der Waals surface area contributed by atoms with Crippen molar-refractivity contribution in [2.75, 3.05) is 31.5 Å². The molecule has 2 aliphatic rings. The van der Waals surface area contributed by atoms with Crippen LogP contribution >= 0.6 is 11.3 Å². The van der Waals surface area contributed by atoms with Gasteiger partial charge in [-0.3, -0.25) is 14.5 Å². The Labute approximate surface area is 158 Å². The van der Waals surface area contributed by atoms with Crippen LogP contribution in [-0.4, -0.2) is 65.0 Å². The van der Waals surface area contributed by atoms with E-state index in [2.05, 4.69) is 29.0 Å². The molecule has 8 heteroatoms. The topological polar surface area (TPSA) is 74.8 Å². The number of aromatic nitrogens is 1. The molecule has 2 atom stereocenters. The number of carbonyl (C=O) groups excluding carboxylic acids is 2. The Morgan fingerprint density at radius 2 is 2.08 bits per heavy atom. The first-order valence-corrected chi connectivity index (χ1v) is 10.3. The normalized spacial score (nSPS) is 25.2. The number of likely N-dealkylation sites (tertiary alicyclic amines) is 1. The van der Waals surface area contributed by atoms with Crippen molar-refractivity contribution in [3.63, 3.8) is 0 Å². The zero-order chi connectivity index (χ0) is 18.5. The van der Waals surface area contributed by atoms with Crippen molar-refractivity contribution < 1.29 is 14.3 Å². The van der Waals surface area contributed by atoms with Gasteiger partial charge >= 0.3 is 0 Å². The Hall–Kier alpha value is -1.51. The molecule has 1 aromatic heterocycles. The highest BCUT2D eigenvalue weighted by molar-refractivity contribution is 7.13. The fraction of sp³-hybridized carbons (Fsp3) is 0.722. The fourth-order valence-corrected chi connectivity index (χ4v) is 4.34. The number of nitrogens with zero attached hydrogens (tertiary/aromatic N) is 3. The van der Waals surface area contributed by atoms with Crippen molar-refractivity contribution in [2.24, 2.45) is 0 Å². The van der Waals surface area contributed by atoms with Gasteiger partial charge in [0.1, 0.15) is 0 Å². The van der Waals surface area contributed by atoms with Crippen LogP contribution in [0.25, 0.3) is 0 Å². The molecule has 1 N–H and O–H groups in total. The number of ether oxygens (including phenoxy) is 1. The predicted molar refractivity (Wildman–Crippen MR) is 101 cm³/mol. The van der Waals surface area contributed by atoms with E-state index in [4.69, 9.17) is 4.74 Å². The number of rotatable bonds is 5. The quantitative estimate of drug-likeness (QED) is 0.847. The Morgan fingerprint density at radius 1 is 1.31 bits per heavy atom. The maximum Gasteiger partial charge on any atom is 0.245 e. The maximum absolute atomic E-state index is 12.3. The maximum atomic E-state index is 12.3. The lowest BCUT2D eigenvalue weighted by atomic mass is 10.2. The van der Waals surface area contributed by atoms with E-state index in [0.29, 0.717) is 18.1 Å². The molecular formula is C18H28N4O3S. The Kier molecular flexibility index (Phi) is 6.61. The molecule has 0 radical (unpaired) electrons. The summed E-state index contributed by atoms with van der Waals surface area (Å²) in [5.74, 6) is -0.0946. The lowest BCUT2D eigenvalue weighted by Crippen LogP contribution is -2.44. The van der Waals surface area contributed by atoms with Gasteiger partial charge in [0.25, 0.3) is 0 Å². The number of carbonyl (C=O) groups is 2. The lowest BCUT2D eigenvalue weighted by molar-refractivity contribution is -0.134. The summed E-state index contributed by atoms with van der Waals surface area (Å²) in [6, 6.07) is 0. The third-order valence-corrected chi connectivity index (χ3v) is 5.49. The summed E-state index contributed by atoms with van der Waals surface area (Å²) in [4.78, 5) is 32.8.